The molecule has 3 aromatic carbocycles. The number of aromatic nitrogens is 1. The average molecular weight is 320 g/mol. The van der Waals surface area contributed by atoms with Gasteiger partial charge in [-0.2, -0.15) is 0 Å². The van der Waals surface area contributed by atoms with Crippen molar-refractivity contribution in [1.29, 1.82) is 0 Å². The van der Waals surface area contributed by atoms with Crippen molar-refractivity contribution in [3.63, 3.8) is 0 Å². The second-order valence-corrected chi connectivity index (χ2v) is 5.90. The van der Waals surface area contributed by atoms with Gasteiger partial charge in [0, 0.05) is 21.2 Å². The third kappa shape index (κ3) is 2.37. The van der Waals surface area contributed by atoms with E-state index in [-0.39, 0.29) is 0 Å². The first-order valence-corrected chi connectivity index (χ1v) is 7.83. The van der Waals surface area contributed by atoms with Crippen LogP contribution in [0.15, 0.2) is 72.8 Å². The van der Waals surface area contributed by atoms with Crippen LogP contribution in [0, 0.1) is 0 Å². The molecule has 0 fully saturated rings. The van der Waals surface area contributed by atoms with Gasteiger partial charge in [0.25, 0.3) is 0 Å². The number of fused-ring (bicyclic) bond motifs is 3. The molecule has 2 nitrogen and oxygen atoms in total. The van der Waals surface area contributed by atoms with E-state index in [1.807, 2.05) is 72.8 Å². The van der Waals surface area contributed by atoms with Crippen LogP contribution < -0.4 is 0 Å². The Morgan fingerprint density at radius 2 is 1.48 bits per heavy atom. The lowest BCUT2D eigenvalue weighted by molar-refractivity contribution is 0.217. The van der Waals surface area contributed by atoms with Crippen LogP contribution >= 0.6 is 11.6 Å². The number of pyridine rings is 1. The van der Waals surface area contributed by atoms with E-state index in [0.717, 1.165) is 27.2 Å². The number of nitrogens with zero attached hydrogens (tertiary/aromatic N) is 1. The molecule has 0 saturated carbocycles. The smallest absolute Gasteiger partial charge is 0.122 e. The minimum atomic E-state index is -0.790. The second-order valence-electron chi connectivity index (χ2n) is 5.49. The molecular formula is C20H14ClNO. The summed E-state index contributed by atoms with van der Waals surface area (Å²) >= 11 is 6.45. The topological polar surface area (TPSA) is 33.1 Å². The van der Waals surface area contributed by atoms with Gasteiger partial charge < -0.3 is 5.11 Å². The molecular weight excluding hydrogens is 306 g/mol. The van der Waals surface area contributed by atoms with E-state index >= 15 is 0 Å². The van der Waals surface area contributed by atoms with Crippen LogP contribution in [0.25, 0.3) is 21.7 Å². The van der Waals surface area contributed by atoms with E-state index in [1.165, 1.54) is 0 Å². The summed E-state index contributed by atoms with van der Waals surface area (Å²) < 4.78 is 0. The summed E-state index contributed by atoms with van der Waals surface area (Å²) in [6, 6.07) is 23.1. The first-order valence-electron chi connectivity index (χ1n) is 7.45. The Bertz CT molecular complexity index is 998. The van der Waals surface area contributed by atoms with Crippen molar-refractivity contribution in [2.45, 2.75) is 6.10 Å². The fraction of sp³-hybridized carbons (Fsp3) is 0.0500. The third-order valence-electron chi connectivity index (χ3n) is 4.08. The van der Waals surface area contributed by atoms with Gasteiger partial charge in [-0.25, -0.2) is 4.98 Å². The van der Waals surface area contributed by atoms with Gasteiger partial charge in [-0.3, -0.25) is 0 Å². The van der Waals surface area contributed by atoms with Crippen LogP contribution in [0.3, 0.4) is 0 Å². The van der Waals surface area contributed by atoms with Crippen LogP contribution in [0.1, 0.15) is 17.4 Å². The van der Waals surface area contributed by atoms with Gasteiger partial charge in [-0.1, -0.05) is 72.3 Å². The summed E-state index contributed by atoms with van der Waals surface area (Å²) in [5, 5.41) is 14.3. The molecule has 0 bridgehead atoms. The third-order valence-corrected chi connectivity index (χ3v) is 4.39. The maximum atomic E-state index is 10.8. The zero-order valence-corrected chi connectivity index (χ0v) is 13.0. The van der Waals surface area contributed by atoms with Crippen molar-refractivity contribution in [3.8, 4) is 0 Å². The Morgan fingerprint density at radius 3 is 2.30 bits per heavy atom. The van der Waals surface area contributed by atoms with Crippen LogP contribution in [-0.4, -0.2) is 10.1 Å². The molecule has 0 aliphatic carbocycles. The fourth-order valence-corrected chi connectivity index (χ4v) is 3.26. The van der Waals surface area contributed by atoms with Gasteiger partial charge in [-0.05, 0) is 17.7 Å². The van der Waals surface area contributed by atoms with Crippen molar-refractivity contribution in [2.24, 2.45) is 0 Å². The Hall–Kier alpha value is -2.42. The molecule has 0 unspecified atom stereocenters. The van der Waals surface area contributed by atoms with Gasteiger partial charge in [0.2, 0.25) is 0 Å². The predicted molar refractivity (Wildman–Crippen MR) is 94.8 cm³/mol. The molecule has 1 heterocycles. The number of para-hydroxylation sites is 1. The Kier molecular flexibility index (Phi) is 3.49. The molecule has 0 spiro atoms. The lowest BCUT2D eigenvalue weighted by atomic mass is 9.98. The highest BCUT2D eigenvalue weighted by molar-refractivity contribution is 6.37. The maximum absolute atomic E-state index is 10.8. The van der Waals surface area contributed by atoms with Gasteiger partial charge in [0.1, 0.15) is 6.10 Å². The van der Waals surface area contributed by atoms with E-state index in [2.05, 4.69) is 0 Å². The molecule has 1 atom stereocenters. The van der Waals surface area contributed by atoms with Gasteiger partial charge in [0.05, 0.1) is 11.2 Å². The number of aliphatic hydroxyl groups is 1. The van der Waals surface area contributed by atoms with Crippen molar-refractivity contribution in [3.05, 3.63) is 89.1 Å². The molecule has 0 aliphatic rings. The lowest BCUT2D eigenvalue weighted by Crippen LogP contribution is -2.04. The molecule has 0 radical (unpaired) electrons. The highest BCUT2D eigenvalue weighted by Crippen LogP contribution is 2.35. The standard InChI is InChI=1S/C20H14ClNO/c21-16-11-6-10-15-18(16)14-9-4-5-12-17(14)22-19(15)20(23)13-7-2-1-3-8-13/h1-12,20,23H/t20-/m1/s1. The Morgan fingerprint density at radius 1 is 0.783 bits per heavy atom. The monoisotopic (exact) mass is 319 g/mol. The molecule has 4 aromatic rings. The summed E-state index contributed by atoms with van der Waals surface area (Å²) in [4.78, 5) is 4.71. The molecule has 0 saturated heterocycles. The number of benzene rings is 3. The zero-order chi connectivity index (χ0) is 15.8. The largest absolute Gasteiger partial charge is 0.382 e. The minimum Gasteiger partial charge on any atom is -0.382 e. The van der Waals surface area contributed by atoms with Crippen molar-refractivity contribution < 1.29 is 5.11 Å². The Balaban J connectivity index is 2.08. The highest BCUT2D eigenvalue weighted by Gasteiger charge is 2.18. The SMILES string of the molecule is O[C@H](c1ccccc1)c1nc2ccccc2c2c(Cl)cccc12. The van der Waals surface area contributed by atoms with Crippen molar-refractivity contribution in [2.75, 3.05) is 0 Å². The molecule has 3 heteroatoms. The quantitative estimate of drug-likeness (QED) is 0.520. The van der Waals surface area contributed by atoms with E-state index < -0.39 is 6.10 Å². The summed E-state index contributed by atoms with van der Waals surface area (Å²) in [5.41, 5.74) is 2.28. The fourth-order valence-electron chi connectivity index (χ4n) is 2.99. The van der Waals surface area contributed by atoms with Gasteiger partial charge in [-0.15, -0.1) is 0 Å². The number of hydrogen-bond acceptors (Lipinski definition) is 2. The van der Waals surface area contributed by atoms with Crippen LogP contribution in [0.2, 0.25) is 5.02 Å². The zero-order valence-electron chi connectivity index (χ0n) is 12.3. The van der Waals surface area contributed by atoms with Crippen LogP contribution in [0.4, 0.5) is 0 Å². The van der Waals surface area contributed by atoms with Crippen molar-refractivity contribution >= 4 is 33.3 Å². The van der Waals surface area contributed by atoms with Crippen LogP contribution in [0.5, 0.6) is 0 Å². The summed E-state index contributed by atoms with van der Waals surface area (Å²) in [6.07, 6.45) is -0.790. The van der Waals surface area contributed by atoms with E-state index in [4.69, 9.17) is 16.6 Å². The number of halogens is 1. The molecule has 1 N–H and O–H groups in total. The van der Waals surface area contributed by atoms with E-state index in [1.54, 1.807) is 0 Å². The van der Waals surface area contributed by atoms with Crippen LogP contribution in [-0.2, 0) is 0 Å². The van der Waals surface area contributed by atoms with Crippen molar-refractivity contribution in [1.82, 2.24) is 4.98 Å². The molecule has 4 rings (SSSR count). The molecule has 1 aromatic heterocycles. The van der Waals surface area contributed by atoms with Gasteiger partial charge >= 0.3 is 0 Å². The van der Waals surface area contributed by atoms with E-state index in [9.17, 15) is 5.11 Å². The Labute approximate surface area is 139 Å². The second kappa shape index (κ2) is 5.65. The molecule has 0 amide bonds. The maximum Gasteiger partial charge on any atom is 0.122 e. The van der Waals surface area contributed by atoms with Gasteiger partial charge in [0.15, 0.2) is 0 Å². The first kappa shape index (κ1) is 14.2. The number of aliphatic hydroxyl groups excluding tert-OH is 1. The predicted octanol–water partition coefficient (Wildman–Crippen LogP) is 5.12. The molecule has 0 aliphatic heterocycles. The minimum absolute atomic E-state index is 0.632. The highest BCUT2D eigenvalue weighted by atomic mass is 35.5. The number of rotatable bonds is 2. The lowest BCUT2D eigenvalue weighted by Gasteiger charge is -2.16. The summed E-state index contributed by atoms with van der Waals surface area (Å²) in [5.74, 6) is 0. The molecule has 23 heavy (non-hydrogen) atoms. The molecule has 112 valence electrons. The van der Waals surface area contributed by atoms with E-state index in [0.29, 0.717) is 10.7 Å². The number of hydrogen-bond donors (Lipinski definition) is 1. The average Bonchev–Trinajstić information content (AvgIpc) is 2.61. The first-order chi connectivity index (χ1) is 11.3. The summed E-state index contributed by atoms with van der Waals surface area (Å²) in [7, 11) is 0. The summed E-state index contributed by atoms with van der Waals surface area (Å²) in [6.45, 7) is 0. The normalized spacial score (nSPS) is 12.6.